The van der Waals surface area contributed by atoms with Crippen molar-refractivity contribution in [2.24, 2.45) is 0 Å². The third-order valence-electron chi connectivity index (χ3n) is 5.86. The van der Waals surface area contributed by atoms with Crippen LogP contribution in [0.4, 0.5) is 29.7 Å². The Hall–Kier alpha value is -4.27. The molecule has 0 bridgehead atoms. The van der Waals surface area contributed by atoms with Crippen LogP contribution in [0, 0.1) is 6.92 Å². The Bertz CT molecular complexity index is 1520. The van der Waals surface area contributed by atoms with Gasteiger partial charge in [0.25, 0.3) is 10.0 Å². The van der Waals surface area contributed by atoms with Gasteiger partial charge in [-0.2, -0.15) is 13.9 Å². The van der Waals surface area contributed by atoms with Gasteiger partial charge < -0.3 is 14.8 Å². The minimum Gasteiger partial charge on any atom is -0.445 e. The number of pyridine rings is 1. The molecule has 1 aliphatic rings. The van der Waals surface area contributed by atoms with E-state index in [0.717, 1.165) is 16.1 Å². The number of anilines is 2. The Morgan fingerprint density at radius 3 is 2.51 bits per heavy atom. The molecule has 4 rings (SSSR count). The first-order valence-corrected chi connectivity index (χ1v) is 14.0. The highest BCUT2D eigenvalue weighted by Gasteiger charge is 2.37. The maximum Gasteiger partial charge on any atom is 0.412 e. The van der Waals surface area contributed by atoms with Crippen molar-refractivity contribution in [1.29, 1.82) is 0 Å². The molecule has 0 saturated heterocycles. The third kappa shape index (κ3) is 7.28. The van der Waals surface area contributed by atoms with E-state index in [-0.39, 0.29) is 47.0 Å². The van der Waals surface area contributed by atoms with Crippen LogP contribution in [0.3, 0.4) is 0 Å². The number of benzene rings is 1. The number of hydrogen-bond acceptors (Lipinski definition) is 8. The van der Waals surface area contributed by atoms with Crippen molar-refractivity contribution in [3.8, 4) is 0 Å². The van der Waals surface area contributed by atoms with Crippen LogP contribution in [0.2, 0.25) is 0 Å². The average Bonchev–Trinajstić information content (AvgIpc) is 3.29. The number of fused-ring (bicyclic) bond motifs is 1. The largest absolute Gasteiger partial charge is 0.445 e. The van der Waals surface area contributed by atoms with Gasteiger partial charge >= 0.3 is 18.7 Å². The lowest BCUT2D eigenvalue weighted by Crippen LogP contribution is -2.50. The van der Waals surface area contributed by atoms with Crippen molar-refractivity contribution in [3.63, 3.8) is 0 Å². The zero-order valence-electron chi connectivity index (χ0n) is 22.8. The zero-order chi connectivity index (χ0) is 29.9. The molecule has 0 fully saturated rings. The van der Waals surface area contributed by atoms with Gasteiger partial charge in [-0.05, 0) is 39.3 Å². The summed E-state index contributed by atoms with van der Waals surface area (Å²) in [6, 6.07) is 9.61. The van der Waals surface area contributed by atoms with Crippen molar-refractivity contribution in [2.75, 3.05) is 16.2 Å². The fourth-order valence-electron chi connectivity index (χ4n) is 4.13. The summed E-state index contributed by atoms with van der Waals surface area (Å²) in [7, 11) is -4.48. The molecule has 2 N–H and O–H groups in total. The lowest BCUT2D eigenvalue weighted by molar-refractivity contribution is 0.0560. The smallest absolute Gasteiger partial charge is 0.412 e. The van der Waals surface area contributed by atoms with Gasteiger partial charge in [0.05, 0.1) is 47.7 Å². The van der Waals surface area contributed by atoms with Gasteiger partial charge in [0, 0.05) is 6.42 Å². The standard InChI is InChI=1S/C26H30F2N6O6S/c1-16-22(14-33(32-16)23(27)28)41(37,38)34-13-19(31-24(35)39-15-17-8-6-5-7-9-17)10-20-21(34)11-18(12-29-20)30-25(36)40-26(2,3)4/h5-9,11-12,14,19,23H,10,13,15H2,1-4H3,(H,30,36)(H,31,35). The quantitative estimate of drug-likeness (QED) is 0.411. The molecular formula is C26H30F2N6O6S. The Balaban J connectivity index is 1.63. The first-order chi connectivity index (χ1) is 19.2. The molecular weight excluding hydrogens is 562 g/mol. The van der Waals surface area contributed by atoms with Crippen LogP contribution in [0.25, 0.3) is 0 Å². The predicted octanol–water partition coefficient (Wildman–Crippen LogP) is 4.38. The van der Waals surface area contributed by atoms with Crippen molar-refractivity contribution < 1.29 is 36.3 Å². The first kappa shape index (κ1) is 29.7. The number of rotatable bonds is 7. The number of sulfonamides is 1. The highest BCUT2D eigenvalue weighted by molar-refractivity contribution is 7.92. The van der Waals surface area contributed by atoms with Gasteiger partial charge in [-0.1, -0.05) is 30.3 Å². The molecule has 3 aromatic rings. The SMILES string of the molecule is Cc1nn(C(F)F)cc1S(=O)(=O)N1CC(NC(=O)OCc2ccccc2)Cc2ncc(NC(=O)OC(C)(C)C)cc21. The highest BCUT2D eigenvalue weighted by atomic mass is 32.2. The molecule has 1 aliphatic heterocycles. The fraction of sp³-hybridized carbons (Fsp3) is 0.385. The predicted molar refractivity (Wildman–Crippen MR) is 144 cm³/mol. The summed E-state index contributed by atoms with van der Waals surface area (Å²) >= 11 is 0. The van der Waals surface area contributed by atoms with Gasteiger partial charge in [-0.15, -0.1) is 0 Å². The minimum atomic E-state index is -4.48. The molecule has 0 saturated carbocycles. The van der Waals surface area contributed by atoms with E-state index in [1.54, 1.807) is 45.0 Å². The zero-order valence-corrected chi connectivity index (χ0v) is 23.6. The number of ether oxygens (including phenoxy) is 2. The second-order valence-electron chi connectivity index (χ2n) is 10.3. The van der Waals surface area contributed by atoms with Gasteiger partial charge in [0.15, 0.2) is 0 Å². The summed E-state index contributed by atoms with van der Waals surface area (Å²) in [4.78, 5) is 28.8. The lowest BCUT2D eigenvalue weighted by Gasteiger charge is -2.34. The number of hydrogen-bond donors (Lipinski definition) is 2. The molecule has 15 heteroatoms. The van der Waals surface area contributed by atoms with Crippen LogP contribution >= 0.6 is 0 Å². The van der Waals surface area contributed by atoms with E-state index < -0.39 is 45.3 Å². The lowest BCUT2D eigenvalue weighted by atomic mass is 10.0. The Labute approximate surface area is 235 Å². The molecule has 0 radical (unpaired) electrons. The second-order valence-corrected chi connectivity index (χ2v) is 12.1. The number of aromatic nitrogens is 3. The second kappa shape index (κ2) is 11.7. The molecule has 1 aromatic carbocycles. The van der Waals surface area contributed by atoms with E-state index >= 15 is 0 Å². The number of alkyl carbamates (subject to hydrolysis) is 1. The molecule has 0 aliphatic carbocycles. The first-order valence-electron chi connectivity index (χ1n) is 12.6. The van der Waals surface area contributed by atoms with Crippen molar-refractivity contribution >= 4 is 33.6 Å². The van der Waals surface area contributed by atoms with E-state index in [1.807, 2.05) is 6.07 Å². The maximum absolute atomic E-state index is 13.8. The molecule has 1 atom stereocenters. The Morgan fingerprint density at radius 1 is 1.17 bits per heavy atom. The van der Waals surface area contributed by atoms with Crippen molar-refractivity contribution in [1.82, 2.24) is 20.1 Å². The normalized spacial score (nSPS) is 15.3. The van der Waals surface area contributed by atoms with Crippen LogP contribution in [0.15, 0.2) is 53.7 Å². The van der Waals surface area contributed by atoms with Crippen LogP contribution in [0.1, 0.15) is 44.3 Å². The summed E-state index contributed by atoms with van der Waals surface area (Å²) in [6.45, 7) is 3.04. The summed E-state index contributed by atoms with van der Waals surface area (Å²) in [5.74, 6) is 0. The average molecular weight is 593 g/mol. The number of nitrogens with one attached hydrogen (secondary N) is 2. The van der Waals surface area contributed by atoms with Crippen LogP contribution in [0.5, 0.6) is 0 Å². The molecule has 0 spiro atoms. The number of aryl methyl sites for hydroxylation is 1. The number of halogens is 2. The molecule has 2 amide bonds. The summed E-state index contributed by atoms with van der Waals surface area (Å²) in [5.41, 5.74) is 0.365. The maximum atomic E-state index is 13.8. The van der Waals surface area contributed by atoms with E-state index in [0.29, 0.717) is 0 Å². The van der Waals surface area contributed by atoms with Gasteiger partial charge in [0.2, 0.25) is 0 Å². The van der Waals surface area contributed by atoms with E-state index in [4.69, 9.17) is 9.47 Å². The minimum absolute atomic E-state index is 0.00193. The highest BCUT2D eigenvalue weighted by Crippen LogP contribution is 2.34. The Kier molecular flexibility index (Phi) is 8.47. The third-order valence-corrected chi connectivity index (χ3v) is 7.74. The molecule has 41 heavy (non-hydrogen) atoms. The summed E-state index contributed by atoms with van der Waals surface area (Å²) in [6.07, 6.45) is 0.646. The van der Waals surface area contributed by atoms with Gasteiger partial charge in [-0.3, -0.25) is 14.6 Å². The molecule has 2 aromatic heterocycles. The van der Waals surface area contributed by atoms with Crippen LogP contribution in [-0.2, 0) is 32.5 Å². The van der Waals surface area contributed by atoms with Gasteiger partial charge in [0.1, 0.15) is 17.1 Å². The summed E-state index contributed by atoms with van der Waals surface area (Å²) < 4.78 is 65.9. The molecule has 1 unspecified atom stereocenters. The topological polar surface area (TPSA) is 145 Å². The molecule has 12 nitrogen and oxygen atoms in total. The van der Waals surface area contributed by atoms with Crippen molar-refractivity contribution in [2.45, 2.75) is 63.8 Å². The fourth-order valence-corrected chi connectivity index (χ4v) is 5.82. The van der Waals surface area contributed by atoms with Crippen LogP contribution in [-0.4, -0.2) is 53.6 Å². The van der Waals surface area contributed by atoms with E-state index in [2.05, 4.69) is 20.7 Å². The molecule has 220 valence electrons. The van der Waals surface area contributed by atoms with Crippen molar-refractivity contribution in [3.05, 3.63) is 65.7 Å². The monoisotopic (exact) mass is 592 g/mol. The van der Waals surface area contributed by atoms with E-state index in [9.17, 15) is 26.8 Å². The number of amides is 2. The summed E-state index contributed by atoms with van der Waals surface area (Å²) in [5, 5.41) is 8.79. The number of alkyl halides is 2. The van der Waals surface area contributed by atoms with Crippen LogP contribution < -0.4 is 14.9 Å². The number of nitrogens with zero attached hydrogens (tertiary/aromatic N) is 4. The number of carbonyl (C=O) groups is 2. The van der Waals surface area contributed by atoms with E-state index in [1.165, 1.54) is 19.2 Å². The number of carbonyl (C=O) groups excluding carboxylic acids is 2. The molecule has 3 heterocycles. The Morgan fingerprint density at radius 2 is 1.88 bits per heavy atom. The van der Waals surface area contributed by atoms with Gasteiger partial charge in [-0.25, -0.2) is 22.7 Å².